The fourth-order valence-corrected chi connectivity index (χ4v) is 3.69. The topological polar surface area (TPSA) is 114 Å². The Hall–Kier alpha value is -3.70. The fraction of sp³-hybridized carbons (Fsp3) is 0.227. The molecule has 31 heavy (non-hydrogen) atoms. The van der Waals surface area contributed by atoms with Crippen LogP contribution >= 0.6 is 11.6 Å². The predicted molar refractivity (Wildman–Crippen MR) is 117 cm³/mol. The average molecular weight is 436 g/mol. The first-order chi connectivity index (χ1) is 15.0. The Bertz CT molecular complexity index is 1390. The Kier molecular flexibility index (Phi) is 5.69. The quantitative estimate of drug-likeness (QED) is 0.367. The van der Waals surface area contributed by atoms with Gasteiger partial charge in [0.05, 0.1) is 29.3 Å². The van der Waals surface area contributed by atoms with E-state index in [0.717, 1.165) is 17.5 Å². The summed E-state index contributed by atoms with van der Waals surface area (Å²) in [4.78, 5) is 34.7. The molecule has 0 spiro atoms. The zero-order valence-corrected chi connectivity index (χ0v) is 17.4. The van der Waals surface area contributed by atoms with Gasteiger partial charge in [0.25, 0.3) is 5.56 Å². The van der Waals surface area contributed by atoms with Crippen LogP contribution in [-0.2, 0) is 13.0 Å². The van der Waals surface area contributed by atoms with Gasteiger partial charge in [-0.3, -0.25) is 9.78 Å². The zero-order valence-electron chi connectivity index (χ0n) is 16.7. The van der Waals surface area contributed by atoms with Crippen LogP contribution in [0.4, 0.5) is 0 Å². The Balaban J connectivity index is 1.68. The van der Waals surface area contributed by atoms with Crippen LogP contribution < -0.4 is 16.0 Å². The predicted octanol–water partition coefficient (Wildman–Crippen LogP) is 3.14. The van der Waals surface area contributed by atoms with E-state index < -0.39 is 11.2 Å². The summed E-state index contributed by atoms with van der Waals surface area (Å²) in [6.07, 6.45) is 1.32. The number of nitriles is 1. The monoisotopic (exact) mass is 435 g/mol. The van der Waals surface area contributed by atoms with E-state index in [1.54, 1.807) is 30.3 Å². The van der Waals surface area contributed by atoms with E-state index in [-0.39, 0.29) is 11.5 Å². The van der Waals surface area contributed by atoms with Gasteiger partial charge in [-0.15, -0.1) is 0 Å². The minimum Gasteiger partial charge on any atom is -0.494 e. The highest BCUT2D eigenvalue weighted by Crippen LogP contribution is 2.27. The van der Waals surface area contributed by atoms with Crippen molar-refractivity contribution in [1.29, 1.82) is 5.26 Å². The van der Waals surface area contributed by atoms with Gasteiger partial charge in [0.2, 0.25) is 0 Å². The molecule has 0 aromatic heterocycles. The van der Waals surface area contributed by atoms with Crippen molar-refractivity contribution in [2.45, 2.75) is 26.3 Å². The van der Waals surface area contributed by atoms with E-state index in [2.05, 4.69) is 21.0 Å². The molecular formula is C22H18ClN5O3. The summed E-state index contributed by atoms with van der Waals surface area (Å²) in [5, 5.41) is 9.45. The van der Waals surface area contributed by atoms with Gasteiger partial charge in [0.15, 0.2) is 11.5 Å². The number of aromatic nitrogens is 4. The highest BCUT2D eigenvalue weighted by Gasteiger charge is 2.19. The first-order valence-electron chi connectivity index (χ1n) is 9.76. The van der Waals surface area contributed by atoms with Gasteiger partial charge in [0, 0.05) is 11.6 Å². The van der Waals surface area contributed by atoms with Crippen molar-refractivity contribution in [2.75, 3.05) is 6.61 Å². The van der Waals surface area contributed by atoms with Crippen molar-refractivity contribution in [3.63, 3.8) is 0 Å². The minimum absolute atomic E-state index is 0.0837. The highest BCUT2D eigenvalue weighted by molar-refractivity contribution is 6.32. The van der Waals surface area contributed by atoms with Crippen LogP contribution in [0.25, 0.3) is 22.6 Å². The molecule has 2 heterocycles. The second kappa shape index (κ2) is 8.58. The molecule has 0 unspecified atom stereocenters. The van der Waals surface area contributed by atoms with Gasteiger partial charge >= 0.3 is 5.69 Å². The third kappa shape index (κ3) is 4.13. The number of H-pyrrole nitrogens is 1. The number of rotatable bonds is 6. The summed E-state index contributed by atoms with van der Waals surface area (Å²) in [5.41, 5.74) is 1.57. The largest absolute Gasteiger partial charge is 0.494 e. The molecule has 8 nitrogen and oxygen atoms in total. The molecule has 156 valence electrons. The zero-order chi connectivity index (χ0) is 22.0. The number of nitrogens with zero attached hydrogens (tertiary/aromatic N) is 4. The van der Waals surface area contributed by atoms with E-state index in [1.165, 1.54) is 0 Å². The van der Waals surface area contributed by atoms with Gasteiger partial charge in [-0.1, -0.05) is 18.5 Å². The number of hydrogen-bond donors (Lipinski definition) is 1. The molecule has 0 radical (unpaired) electrons. The molecular weight excluding hydrogens is 418 g/mol. The molecule has 2 aliphatic heterocycles. The number of aromatic amines is 1. The third-order valence-corrected chi connectivity index (χ3v) is 5.29. The van der Waals surface area contributed by atoms with E-state index in [4.69, 9.17) is 21.6 Å². The van der Waals surface area contributed by atoms with E-state index in [9.17, 15) is 9.59 Å². The minimum atomic E-state index is -0.717. The number of halogens is 1. The molecule has 2 aliphatic rings. The second-order valence-corrected chi connectivity index (χ2v) is 7.34. The molecule has 9 heteroatoms. The smallest absolute Gasteiger partial charge is 0.349 e. The summed E-state index contributed by atoms with van der Waals surface area (Å²) >= 11 is 6.35. The van der Waals surface area contributed by atoms with Crippen LogP contribution in [0.1, 0.15) is 24.5 Å². The lowest BCUT2D eigenvalue weighted by Gasteiger charge is -2.18. The summed E-state index contributed by atoms with van der Waals surface area (Å²) in [7, 11) is 0. The lowest BCUT2D eigenvalue weighted by atomic mass is 10.1. The molecule has 2 aromatic rings. The normalized spacial score (nSPS) is 11.0. The Morgan fingerprint density at radius 3 is 2.68 bits per heavy atom. The van der Waals surface area contributed by atoms with Crippen molar-refractivity contribution < 1.29 is 4.74 Å². The van der Waals surface area contributed by atoms with Crippen LogP contribution in [0.3, 0.4) is 0 Å². The van der Waals surface area contributed by atoms with E-state index >= 15 is 0 Å². The first-order valence-corrected chi connectivity index (χ1v) is 10.1. The van der Waals surface area contributed by atoms with Crippen LogP contribution in [0, 0.1) is 11.3 Å². The highest BCUT2D eigenvalue weighted by atomic mass is 35.5. The maximum atomic E-state index is 12.3. The number of ether oxygens (including phenoxy) is 1. The first kappa shape index (κ1) is 20.6. The molecule has 0 aliphatic carbocycles. The molecule has 4 rings (SSSR count). The number of benzene rings is 2. The number of aryl methyl sites for hydroxylation is 2. The van der Waals surface area contributed by atoms with Gasteiger partial charge in [-0.2, -0.15) is 10.2 Å². The maximum absolute atomic E-state index is 12.3. The van der Waals surface area contributed by atoms with Crippen LogP contribution in [0.2, 0.25) is 5.02 Å². The maximum Gasteiger partial charge on any atom is 0.349 e. The van der Waals surface area contributed by atoms with Crippen molar-refractivity contribution >= 4 is 22.6 Å². The fourth-order valence-electron chi connectivity index (χ4n) is 3.39. The lowest BCUT2D eigenvalue weighted by molar-refractivity contribution is 0.302. The molecule has 1 N–H and O–H groups in total. The van der Waals surface area contributed by atoms with Crippen LogP contribution in [0.15, 0.2) is 46.0 Å². The molecule has 0 bridgehead atoms. The van der Waals surface area contributed by atoms with Crippen LogP contribution in [0.5, 0.6) is 5.75 Å². The van der Waals surface area contributed by atoms with Crippen molar-refractivity contribution in [2.24, 2.45) is 0 Å². The SMILES string of the molecule is CCc1cc2c(cc1Cl)nc1c(=O)[nH]c(=O)nc-1n2CCCOc1ccc(C#N)cc1. The van der Waals surface area contributed by atoms with Gasteiger partial charge in [-0.25, -0.2) is 9.78 Å². The van der Waals surface area contributed by atoms with Gasteiger partial charge in [0.1, 0.15) is 5.75 Å². The van der Waals surface area contributed by atoms with Crippen LogP contribution in [-0.4, -0.2) is 26.1 Å². The molecule has 0 amide bonds. The van der Waals surface area contributed by atoms with E-state index in [0.29, 0.717) is 41.4 Å². The van der Waals surface area contributed by atoms with E-state index in [1.807, 2.05) is 17.6 Å². The van der Waals surface area contributed by atoms with Crippen molar-refractivity contribution in [1.82, 2.24) is 19.5 Å². The summed E-state index contributed by atoms with van der Waals surface area (Å²) < 4.78 is 7.56. The number of fused-ring (bicyclic) bond motifs is 2. The van der Waals surface area contributed by atoms with Crippen molar-refractivity contribution in [3.05, 3.63) is 73.4 Å². The van der Waals surface area contributed by atoms with Crippen molar-refractivity contribution in [3.8, 4) is 23.3 Å². The molecule has 0 atom stereocenters. The summed E-state index contributed by atoms with van der Waals surface area (Å²) in [6.45, 7) is 2.84. The number of hydrogen-bond acceptors (Lipinski definition) is 6. The summed E-state index contributed by atoms with van der Waals surface area (Å²) in [6, 6.07) is 12.6. The standard InChI is InChI=1S/C22H18ClN5O3/c1-2-14-10-18-17(11-16(14)23)25-19-20(26-22(30)27-21(19)29)28(18)8-3-9-31-15-6-4-13(12-24)5-7-15/h4-7,10-11H,2-3,8-9H2,1H3,(H,27,29,30). The molecule has 2 aromatic carbocycles. The Morgan fingerprint density at radius 1 is 1.19 bits per heavy atom. The van der Waals surface area contributed by atoms with Gasteiger partial charge < -0.3 is 9.30 Å². The second-order valence-electron chi connectivity index (χ2n) is 6.93. The Labute approximate surface area is 182 Å². The number of nitrogens with one attached hydrogen (secondary N) is 1. The molecule has 0 saturated heterocycles. The third-order valence-electron chi connectivity index (χ3n) is 4.94. The molecule has 0 fully saturated rings. The van der Waals surface area contributed by atoms with Gasteiger partial charge in [-0.05, 0) is 54.8 Å². The average Bonchev–Trinajstić information content (AvgIpc) is 2.76. The summed E-state index contributed by atoms with van der Waals surface area (Å²) in [5.74, 6) is 0.883. The Morgan fingerprint density at radius 2 is 1.97 bits per heavy atom. The lowest BCUT2D eigenvalue weighted by Crippen LogP contribution is -2.29. The molecule has 0 saturated carbocycles.